The fourth-order valence-electron chi connectivity index (χ4n) is 2.74. The summed E-state index contributed by atoms with van der Waals surface area (Å²) in [6.45, 7) is 4.09. The summed E-state index contributed by atoms with van der Waals surface area (Å²) >= 11 is 0. The van der Waals surface area contributed by atoms with Gasteiger partial charge in [0.2, 0.25) is 0 Å². The Morgan fingerprint density at radius 2 is 1.81 bits per heavy atom. The lowest BCUT2D eigenvalue weighted by atomic mass is 10.1. The number of carbonyl (C=O) groups excluding carboxylic acids is 1. The first-order valence-corrected chi connectivity index (χ1v) is 8.86. The van der Waals surface area contributed by atoms with Gasteiger partial charge in [-0.25, -0.2) is 0 Å². The van der Waals surface area contributed by atoms with Crippen molar-refractivity contribution in [3.05, 3.63) is 77.6 Å². The lowest BCUT2D eigenvalue weighted by Crippen LogP contribution is -2.13. The molecule has 0 saturated heterocycles. The lowest BCUT2D eigenvalue weighted by Gasteiger charge is -2.12. The summed E-state index contributed by atoms with van der Waals surface area (Å²) in [4.78, 5) is 16.8. The van der Waals surface area contributed by atoms with Gasteiger partial charge >= 0.3 is 0 Å². The molecule has 1 heterocycles. The van der Waals surface area contributed by atoms with Gasteiger partial charge in [0.15, 0.2) is 0 Å². The summed E-state index contributed by atoms with van der Waals surface area (Å²) in [6, 6.07) is 15.6. The Bertz CT molecular complexity index is 937. The minimum atomic E-state index is -0.239. The lowest BCUT2D eigenvalue weighted by molar-refractivity contribution is 0.102. The minimum Gasteiger partial charge on any atom is -0.495 e. The predicted molar refractivity (Wildman–Crippen MR) is 109 cm³/mol. The van der Waals surface area contributed by atoms with E-state index in [2.05, 4.69) is 34.7 Å². The Kier molecular flexibility index (Phi) is 5.71. The SMILES string of the molecule is CCc1ccc(Nc2cncc(C(=O)Nc3cc(C)ccc3OC)c2)cc1. The zero-order chi connectivity index (χ0) is 19.2. The van der Waals surface area contributed by atoms with E-state index in [1.165, 1.54) is 5.56 Å². The molecule has 5 nitrogen and oxygen atoms in total. The average molecular weight is 361 g/mol. The maximum Gasteiger partial charge on any atom is 0.257 e. The number of nitrogens with zero attached hydrogens (tertiary/aromatic N) is 1. The standard InChI is InChI=1S/C22H23N3O2/c1-4-16-6-8-18(9-7-16)24-19-12-17(13-23-14-19)22(26)25-20-11-15(2)5-10-21(20)27-3/h5-14,24H,4H2,1-3H3,(H,25,26). The number of aryl methyl sites for hydroxylation is 2. The number of pyridine rings is 1. The Morgan fingerprint density at radius 3 is 2.52 bits per heavy atom. The van der Waals surface area contributed by atoms with Crippen molar-refractivity contribution in [2.45, 2.75) is 20.3 Å². The van der Waals surface area contributed by atoms with Gasteiger partial charge in [0.05, 0.1) is 30.2 Å². The second-order valence-corrected chi connectivity index (χ2v) is 6.30. The van der Waals surface area contributed by atoms with Crippen molar-refractivity contribution >= 4 is 23.0 Å². The first-order chi connectivity index (χ1) is 13.1. The van der Waals surface area contributed by atoms with Crippen LogP contribution in [0, 0.1) is 6.92 Å². The van der Waals surface area contributed by atoms with E-state index in [1.54, 1.807) is 25.6 Å². The Hall–Kier alpha value is -3.34. The van der Waals surface area contributed by atoms with Crippen molar-refractivity contribution in [3.63, 3.8) is 0 Å². The highest BCUT2D eigenvalue weighted by atomic mass is 16.5. The summed E-state index contributed by atoms with van der Waals surface area (Å²) in [5, 5.41) is 6.17. The van der Waals surface area contributed by atoms with E-state index in [9.17, 15) is 4.79 Å². The molecule has 0 radical (unpaired) electrons. The molecule has 0 fully saturated rings. The number of nitrogens with one attached hydrogen (secondary N) is 2. The van der Waals surface area contributed by atoms with Crippen LogP contribution in [-0.2, 0) is 6.42 Å². The van der Waals surface area contributed by atoms with Crippen molar-refractivity contribution < 1.29 is 9.53 Å². The summed E-state index contributed by atoms with van der Waals surface area (Å²) in [6.07, 6.45) is 4.24. The fourth-order valence-corrected chi connectivity index (χ4v) is 2.74. The number of amides is 1. The number of benzene rings is 2. The van der Waals surface area contributed by atoms with E-state index in [0.29, 0.717) is 17.0 Å². The zero-order valence-corrected chi connectivity index (χ0v) is 15.7. The molecule has 138 valence electrons. The van der Waals surface area contributed by atoms with E-state index in [0.717, 1.165) is 23.4 Å². The third-order valence-electron chi connectivity index (χ3n) is 4.25. The van der Waals surface area contributed by atoms with Crippen LogP contribution in [-0.4, -0.2) is 18.0 Å². The highest BCUT2D eigenvalue weighted by Crippen LogP contribution is 2.26. The number of aromatic nitrogens is 1. The van der Waals surface area contributed by atoms with Gasteiger partial charge in [-0.15, -0.1) is 0 Å². The molecule has 5 heteroatoms. The van der Waals surface area contributed by atoms with Gasteiger partial charge in [-0.1, -0.05) is 25.1 Å². The number of carbonyl (C=O) groups is 1. The van der Waals surface area contributed by atoms with E-state index in [-0.39, 0.29) is 5.91 Å². The molecule has 0 spiro atoms. The van der Waals surface area contributed by atoms with Crippen LogP contribution in [0.4, 0.5) is 17.1 Å². The van der Waals surface area contributed by atoms with Crippen LogP contribution in [0.2, 0.25) is 0 Å². The van der Waals surface area contributed by atoms with Gasteiger partial charge in [-0.2, -0.15) is 0 Å². The smallest absolute Gasteiger partial charge is 0.257 e. The van der Waals surface area contributed by atoms with Crippen molar-refractivity contribution in [2.75, 3.05) is 17.7 Å². The molecule has 3 aromatic rings. The van der Waals surface area contributed by atoms with Gasteiger partial charge in [0.1, 0.15) is 5.75 Å². The quantitative estimate of drug-likeness (QED) is 0.651. The van der Waals surface area contributed by atoms with Crippen molar-refractivity contribution in [1.82, 2.24) is 4.98 Å². The molecule has 0 unspecified atom stereocenters. The summed E-state index contributed by atoms with van der Waals surface area (Å²) < 4.78 is 5.32. The maximum atomic E-state index is 12.6. The third-order valence-corrected chi connectivity index (χ3v) is 4.25. The number of hydrogen-bond donors (Lipinski definition) is 2. The van der Waals surface area contributed by atoms with Gasteiger partial charge in [0, 0.05) is 11.9 Å². The monoisotopic (exact) mass is 361 g/mol. The predicted octanol–water partition coefficient (Wildman–Crippen LogP) is 4.96. The normalized spacial score (nSPS) is 10.3. The Balaban J connectivity index is 1.76. The molecular weight excluding hydrogens is 338 g/mol. The first-order valence-electron chi connectivity index (χ1n) is 8.86. The van der Waals surface area contributed by atoms with Crippen LogP contribution in [0.3, 0.4) is 0 Å². The molecule has 1 amide bonds. The molecule has 3 rings (SSSR count). The van der Waals surface area contributed by atoms with Gasteiger partial charge < -0.3 is 15.4 Å². The molecule has 0 aliphatic heterocycles. The van der Waals surface area contributed by atoms with Gasteiger partial charge in [-0.05, 0) is 54.8 Å². The molecule has 0 aliphatic carbocycles. The fraction of sp³-hybridized carbons (Fsp3) is 0.182. The molecule has 2 aromatic carbocycles. The molecule has 0 atom stereocenters. The average Bonchev–Trinajstić information content (AvgIpc) is 2.69. The van der Waals surface area contributed by atoms with Crippen molar-refractivity contribution in [1.29, 1.82) is 0 Å². The highest BCUT2D eigenvalue weighted by Gasteiger charge is 2.11. The minimum absolute atomic E-state index is 0.239. The molecule has 0 saturated carbocycles. The Labute approximate surface area is 159 Å². The maximum absolute atomic E-state index is 12.6. The summed E-state index contributed by atoms with van der Waals surface area (Å²) in [5.41, 5.74) is 5.12. The van der Waals surface area contributed by atoms with Crippen LogP contribution in [0.1, 0.15) is 28.4 Å². The number of methoxy groups -OCH3 is 1. The van der Waals surface area contributed by atoms with Crippen molar-refractivity contribution in [2.24, 2.45) is 0 Å². The van der Waals surface area contributed by atoms with Crippen LogP contribution in [0.5, 0.6) is 5.75 Å². The van der Waals surface area contributed by atoms with E-state index >= 15 is 0 Å². The second kappa shape index (κ2) is 8.36. The second-order valence-electron chi connectivity index (χ2n) is 6.30. The van der Waals surface area contributed by atoms with Crippen LogP contribution >= 0.6 is 0 Å². The summed E-state index contributed by atoms with van der Waals surface area (Å²) in [5.74, 6) is 0.378. The largest absolute Gasteiger partial charge is 0.495 e. The van der Waals surface area contributed by atoms with Crippen LogP contribution in [0.15, 0.2) is 60.9 Å². The first kappa shape index (κ1) is 18.5. The molecular formula is C22H23N3O2. The van der Waals surface area contributed by atoms with Gasteiger partial charge in [0.25, 0.3) is 5.91 Å². The zero-order valence-electron chi connectivity index (χ0n) is 15.7. The molecule has 2 N–H and O–H groups in total. The van der Waals surface area contributed by atoms with E-state index in [4.69, 9.17) is 4.74 Å². The van der Waals surface area contributed by atoms with Gasteiger partial charge in [-0.3, -0.25) is 9.78 Å². The molecule has 0 bridgehead atoms. The number of hydrogen-bond acceptors (Lipinski definition) is 4. The molecule has 1 aromatic heterocycles. The van der Waals surface area contributed by atoms with Crippen LogP contribution in [0.25, 0.3) is 0 Å². The van der Waals surface area contributed by atoms with E-state index < -0.39 is 0 Å². The number of rotatable bonds is 6. The number of ether oxygens (including phenoxy) is 1. The Morgan fingerprint density at radius 1 is 1.04 bits per heavy atom. The van der Waals surface area contributed by atoms with Crippen LogP contribution < -0.4 is 15.4 Å². The molecule has 0 aliphatic rings. The highest BCUT2D eigenvalue weighted by molar-refractivity contribution is 6.05. The van der Waals surface area contributed by atoms with E-state index in [1.807, 2.05) is 37.3 Å². The number of anilines is 3. The van der Waals surface area contributed by atoms with Crippen molar-refractivity contribution in [3.8, 4) is 5.75 Å². The summed E-state index contributed by atoms with van der Waals surface area (Å²) in [7, 11) is 1.58. The third kappa shape index (κ3) is 4.64. The molecule has 27 heavy (non-hydrogen) atoms. The topological polar surface area (TPSA) is 63.2 Å².